The van der Waals surface area contributed by atoms with Gasteiger partial charge in [0.1, 0.15) is 16.4 Å². The largest absolute Gasteiger partial charge is 0.508 e. The fourth-order valence-corrected chi connectivity index (χ4v) is 1.55. The van der Waals surface area contributed by atoms with E-state index < -0.39 is 0 Å². The van der Waals surface area contributed by atoms with Crippen LogP contribution in [0.3, 0.4) is 0 Å². The molecule has 3 N–H and O–H groups in total. The first-order chi connectivity index (χ1) is 8.58. The third-order valence-corrected chi connectivity index (χ3v) is 2.64. The van der Waals surface area contributed by atoms with Gasteiger partial charge in [0.05, 0.1) is 0 Å². The highest BCUT2D eigenvalue weighted by Gasteiger charge is 2.08. The number of aromatic nitrogens is 2. The van der Waals surface area contributed by atoms with Gasteiger partial charge in [-0.25, -0.2) is 9.97 Å². The number of hydrogen-bond acceptors (Lipinski definition) is 5. The number of benzene rings is 1. The molecule has 1 heterocycles. The summed E-state index contributed by atoms with van der Waals surface area (Å²) in [6, 6.07) is 8.40. The Morgan fingerprint density at radius 2 is 1.94 bits per heavy atom. The van der Waals surface area contributed by atoms with Crippen LogP contribution in [0.25, 0.3) is 0 Å². The van der Waals surface area contributed by atoms with Crippen LogP contribution in [0.4, 0.5) is 11.6 Å². The van der Waals surface area contributed by atoms with Crippen molar-refractivity contribution in [2.75, 3.05) is 11.9 Å². The first kappa shape index (κ1) is 12.3. The van der Waals surface area contributed by atoms with Gasteiger partial charge in [-0.1, -0.05) is 12.2 Å². The lowest BCUT2D eigenvalue weighted by Crippen LogP contribution is -2.17. The molecule has 0 amide bonds. The molecular formula is C12H12N4OS. The van der Waals surface area contributed by atoms with Gasteiger partial charge in [0.2, 0.25) is 5.95 Å². The standard InChI is InChI=1S/C12H12N4OS/c1-16(8-2-4-9(17)5-3-8)12-14-7-6-10(15-12)11(13)18/h2-7,17H,1H3,(H2,13,18). The molecular weight excluding hydrogens is 248 g/mol. The van der Waals surface area contributed by atoms with Crippen molar-refractivity contribution in [2.24, 2.45) is 5.73 Å². The van der Waals surface area contributed by atoms with E-state index in [-0.39, 0.29) is 10.7 Å². The molecule has 18 heavy (non-hydrogen) atoms. The highest BCUT2D eigenvalue weighted by molar-refractivity contribution is 7.80. The van der Waals surface area contributed by atoms with E-state index in [9.17, 15) is 5.11 Å². The Bertz CT molecular complexity index is 571. The van der Waals surface area contributed by atoms with Gasteiger partial charge in [0.25, 0.3) is 0 Å². The summed E-state index contributed by atoms with van der Waals surface area (Å²) in [4.78, 5) is 10.4. The zero-order valence-electron chi connectivity index (χ0n) is 9.74. The van der Waals surface area contributed by atoms with Gasteiger partial charge in [-0.15, -0.1) is 0 Å². The molecule has 0 atom stereocenters. The molecule has 0 fully saturated rings. The van der Waals surface area contributed by atoms with Crippen LogP contribution in [0.1, 0.15) is 5.69 Å². The predicted octanol–water partition coefficient (Wildman–Crippen LogP) is 1.58. The van der Waals surface area contributed by atoms with E-state index in [1.54, 1.807) is 41.4 Å². The number of phenols is 1. The molecule has 1 aromatic carbocycles. The zero-order chi connectivity index (χ0) is 13.1. The third-order valence-electron chi connectivity index (χ3n) is 2.43. The summed E-state index contributed by atoms with van der Waals surface area (Å²) in [6.45, 7) is 0. The first-order valence-electron chi connectivity index (χ1n) is 5.23. The number of nitrogens with zero attached hydrogens (tertiary/aromatic N) is 3. The lowest BCUT2D eigenvalue weighted by Gasteiger charge is -2.17. The van der Waals surface area contributed by atoms with Crippen LogP contribution in [0, 0.1) is 0 Å². The number of nitrogens with two attached hydrogens (primary N) is 1. The molecule has 1 aromatic heterocycles. The quantitative estimate of drug-likeness (QED) is 0.816. The van der Waals surface area contributed by atoms with E-state index in [1.807, 2.05) is 7.05 Å². The Hall–Kier alpha value is -2.21. The number of aromatic hydroxyl groups is 1. The molecule has 0 bridgehead atoms. The average molecular weight is 260 g/mol. The highest BCUT2D eigenvalue weighted by atomic mass is 32.1. The van der Waals surface area contributed by atoms with Crippen LogP contribution in [-0.2, 0) is 0 Å². The first-order valence-corrected chi connectivity index (χ1v) is 5.64. The molecule has 6 heteroatoms. The molecule has 0 aliphatic rings. The molecule has 0 saturated carbocycles. The maximum absolute atomic E-state index is 9.24. The van der Waals surface area contributed by atoms with Gasteiger partial charge in [-0.05, 0) is 30.3 Å². The van der Waals surface area contributed by atoms with Crippen molar-refractivity contribution >= 4 is 28.8 Å². The minimum absolute atomic E-state index is 0.213. The normalized spacial score (nSPS) is 10.1. The summed E-state index contributed by atoms with van der Waals surface area (Å²) in [5.41, 5.74) is 6.91. The smallest absolute Gasteiger partial charge is 0.230 e. The van der Waals surface area contributed by atoms with E-state index >= 15 is 0 Å². The summed E-state index contributed by atoms with van der Waals surface area (Å²) in [6.07, 6.45) is 1.60. The molecule has 92 valence electrons. The van der Waals surface area contributed by atoms with Crippen molar-refractivity contribution < 1.29 is 5.11 Å². The van der Waals surface area contributed by atoms with Crippen molar-refractivity contribution in [3.8, 4) is 5.75 Å². The Morgan fingerprint density at radius 1 is 1.28 bits per heavy atom. The molecule has 2 aromatic rings. The van der Waals surface area contributed by atoms with Crippen LogP contribution in [0.15, 0.2) is 36.5 Å². The predicted molar refractivity (Wildman–Crippen MR) is 74.1 cm³/mol. The van der Waals surface area contributed by atoms with E-state index in [0.29, 0.717) is 11.6 Å². The number of anilines is 2. The Morgan fingerprint density at radius 3 is 2.56 bits per heavy atom. The second-order valence-electron chi connectivity index (χ2n) is 3.68. The Labute approximate surface area is 110 Å². The molecule has 0 aliphatic heterocycles. The number of rotatable bonds is 3. The van der Waals surface area contributed by atoms with Crippen LogP contribution >= 0.6 is 12.2 Å². The van der Waals surface area contributed by atoms with Gasteiger partial charge in [0, 0.05) is 18.9 Å². The second kappa shape index (κ2) is 4.97. The van der Waals surface area contributed by atoms with E-state index in [4.69, 9.17) is 18.0 Å². The number of phenolic OH excluding ortho intramolecular Hbond substituents is 1. The maximum atomic E-state index is 9.24. The van der Waals surface area contributed by atoms with Gasteiger partial charge in [-0.3, -0.25) is 0 Å². The third kappa shape index (κ3) is 2.54. The lowest BCUT2D eigenvalue weighted by atomic mass is 10.3. The van der Waals surface area contributed by atoms with Gasteiger partial charge in [0.15, 0.2) is 0 Å². The monoisotopic (exact) mass is 260 g/mol. The minimum atomic E-state index is 0.213. The maximum Gasteiger partial charge on any atom is 0.230 e. The fourth-order valence-electron chi connectivity index (χ4n) is 1.44. The molecule has 0 saturated heterocycles. The van der Waals surface area contributed by atoms with Gasteiger partial charge < -0.3 is 15.7 Å². The number of thiocarbonyl (C=S) groups is 1. The molecule has 0 radical (unpaired) electrons. The lowest BCUT2D eigenvalue weighted by molar-refractivity contribution is 0.475. The average Bonchev–Trinajstić information content (AvgIpc) is 2.39. The SMILES string of the molecule is CN(c1ccc(O)cc1)c1nccc(C(N)=S)n1. The summed E-state index contributed by atoms with van der Waals surface area (Å²) >= 11 is 4.88. The topological polar surface area (TPSA) is 75.3 Å². The minimum Gasteiger partial charge on any atom is -0.508 e. The molecule has 0 unspecified atom stereocenters. The van der Waals surface area contributed by atoms with E-state index in [2.05, 4.69) is 9.97 Å². The van der Waals surface area contributed by atoms with Crippen LogP contribution in [-0.4, -0.2) is 27.1 Å². The van der Waals surface area contributed by atoms with Crippen LogP contribution in [0.5, 0.6) is 5.75 Å². The van der Waals surface area contributed by atoms with Crippen LogP contribution < -0.4 is 10.6 Å². The van der Waals surface area contributed by atoms with Crippen molar-refractivity contribution in [3.63, 3.8) is 0 Å². The van der Waals surface area contributed by atoms with Crippen LogP contribution in [0.2, 0.25) is 0 Å². The van der Waals surface area contributed by atoms with E-state index in [1.165, 1.54) is 0 Å². The molecule has 0 spiro atoms. The summed E-state index contributed by atoms with van der Waals surface area (Å²) < 4.78 is 0. The second-order valence-corrected chi connectivity index (χ2v) is 4.12. The molecule has 5 nitrogen and oxygen atoms in total. The highest BCUT2D eigenvalue weighted by Crippen LogP contribution is 2.22. The molecule has 0 aliphatic carbocycles. The van der Waals surface area contributed by atoms with Crippen molar-refractivity contribution in [3.05, 3.63) is 42.2 Å². The number of hydrogen-bond donors (Lipinski definition) is 2. The summed E-state index contributed by atoms with van der Waals surface area (Å²) in [5.74, 6) is 0.705. The fraction of sp³-hybridized carbons (Fsp3) is 0.0833. The Kier molecular flexibility index (Phi) is 3.38. The zero-order valence-corrected chi connectivity index (χ0v) is 10.6. The van der Waals surface area contributed by atoms with E-state index in [0.717, 1.165) is 5.69 Å². The summed E-state index contributed by atoms with van der Waals surface area (Å²) in [5, 5.41) is 9.24. The van der Waals surface area contributed by atoms with Crippen molar-refractivity contribution in [2.45, 2.75) is 0 Å². The molecule has 2 rings (SSSR count). The van der Waals surface area contributed by atoms with Crippen molar-refractivity contribution in [1.82, 2.24) is 9.97 Å². The summed E-state index contributed by atoms with van der Waals surface area (Å²) in [7, 11) is 1.82. The van der Waals surface area contributed by atoms with Gasteiger partial charge >= 0.3 is 0 Å². The van der Waals surface area contributed by atoms with Crippen molar-refractivity contribution in [1.29, 1.82) is 0 Å². The van der Waals surface area contributed by atoms with Gasteiger partial charge in [-0.2, -0.15) is 0 Å². The Balaban J connectivity index is 2.33.